The van der Waals surface area contributed by atoms with Gasteiger partial charge >= 0.3 is 0 Å². The zero-order valence-corrected chi connectivity index (χ0v) is 34.7. The molecule has 1 atom stereocenters. The molecule has 0 aliphatic heterocycles. The highest BCUT2D eigenvalue weighted by molar-refractivity contribution is 6.15. The van der Waals surface area contributed by atoms with Crippen LogP contribution in [0.4, 0.5) is 11.4 Å². The van der Waals surface area contributed by atoms with E-state index < -0.39 is 0 Å². The van der Waals surface area contributed by atoms with Gasteiger partial charge in [0.1, 0.15) is 0 Å². The van der Waals surface area contributed by atoms with Crippen LogP contribution in [0.5, 0.6) is 0 Å². The molecule has 7 aromatic carbocycles. The summed E-state index contributed by atoms with van der Waals surface area (Å²) in [7, 11) is 0. The van der Waals surface area contributed by atoms with Gasteiger partial charge in [-0.3, -0.25) is 0 Å². The Morgan fingerprint density at radius 1 is 0.581 bits per heavy atom. The van der Waals surface area contributed by atoms with Crippen LogP contribution in [0.3, 0.4) is 0 Å². The van der Waals surface area contributed by atoms with E-state index in [1.807, 2.05) is 0 Å². The van der Waals surface area contributed by atoms with Gasteiger partial charge in [0.25, 0.3) is 0 Å². The summed E-state index contributed by atoms with van der Waals surface area (Å²) >= 11 is 0. The van der Waals surface area contributed by atoms with Gasteiger partial charge in [0.05, 0.1) is 11.0 Å². The fourth-order valence-corrected chi connectivity index (χ4v) is 10.4. The van der Waals surface area contributed by atoms with Crippen LogP contribution >= 0.6 is 0 Å². The van der Waals surface area contributed by atoms with Crippen LogP contribution in [0, 0.1) is 5.92 Å². The van der Waals surface area contributed by atoms with Crippen LogP contribution < -0.4 is 4.90 Å². The lowest BCUT2D eigenvalue weighted by Gasteiger charge is -2.31. The van der Waals surface area contributed by atoms with Crippen molar-refractivity contribution in [3.05, 3.63) is 240 Å². The lowest BCUT2D eigenvalue weighted by atomic mass is 9.82. The maximum Gasteiger partial charge on any atom is 0.0547 e. The molecule has 0 fully saturated rings. The zero-order valence-electron chi connectivity index (χ0n) is 34.7. The molecular formula is C60H46N2. The molecule has 2 nitrogen and oxygen atoms in total. The number of aryl methyl sites for hydroxylation is 1. The third kappa shape index (κ3) is 6.34. The van der Waals surface area contributed by atoms with E-state index in [9.17, 15) is 0 Å². The Kier molecular flexibility index (Phi) is 8.96. The van der Waals surface area contributed by atoms with Gasteiger partial charge in [-0.1, -0.05) is 152 Å². The zero-order chi connectivity index (χ0) is 41.0. The molecule has 4 aliphatic carbocycles. The Hall–Kier alpha value is -7.42. The van der Waals surface area contributed by atoms with Crippen LogP contribution in [-0.2, 0) is 6.42 Å². The SMILES string of the molecule is C1=CC2=CC=C(c3ccc(N(C4=CC(c5cccc6c5c5cc(-c7ccccc7)ccc5n6-c5ccccc5)=CCC4)c4ccc5c6c(ccc5c4)CCC=C6)cc3)CC2C=C1. The summed E-state index contributed by atoms with van der Waals surface area (Å²) in [5, 5.41) is 5.16. The summed E-state index contributed by atoms with van der Waals surface area (Å²) in [6, 6.07) is 56.5. The van der Waals surface area contributed by atoms with E-state index in [1.54, 1.807) is 0 Å². The van der Waals surface area contributed by atoms with Crippen molar-refractivity contribution >= 4 is 61.2 Å². The Morgan fingerprint density at radius 2 is 1.42 bits per heavy atom. The predicted octanol–water partition coefficient (Wildman–Crippen LogP) is 15.9. The topological polar surface area (TPSA) is 8.17 Å². The second kappa shape index (κ2) is 15.2. The molecule has 0 bridgehead atoms. The number of benzene rings is 7. The van der Waals surface area contributed by atoms with E-state index in [4.69, 9.17) is 0 Å². The number of fused-ring (bicyclic) bond motifs is 7. The van der Waals surface area contributed by atoms with Gasteiger partial charge in [0, 0.05) is 39.4 Å². The average molecular weight is 795 g/mol. The van der Waals surface area contributed by atoms with Crippen molar-refractivity contribution in [1.29, 1.82) is 0 Å². The van der Waals surface area contributed by atoms with Crippen molar-refractivity contribution < 1.29 is 0 Å². The Balaban J connectivity index is 1.00. The summed E-state index contributed by atoms with van der Waals surface area (Å²) < 4.78 is 2.44. The second-order valence-electron chi connectivity index (χ2n) is 17.1. The molecule has 0 saturated heterocycles. The van der Waals surface area contributed by atoms with Crippen molar-refractivity contribution in [2.45, 2.75) is 32.1 Å². The summed E-state index contributed by atoms with van der Waals surface area (Å²) in [6.07, 6.45) is 28.3. The summed E-state index contributed by atoms with van der Waals surface area (Å²) in [4.78, 5) is 2.52. The number of hydrogen-bond acceptors (Lipinski definition) is 1. The molecule has 0 N–H and O–H groups in total. The minimum Gasteiger partial charge on any atom is -0.314 e. The van der Waals surface area contributed by atoms with Crippen LogP contribution in [-0.4, -0.2) is 4.57 Å². The van der Waals surface area contributed by atoms with E-state index in [0.29, 0.717) is 5.92 Å². The average Bonchev–Trinajstić information content (AvgIpc) is 3.68. The molecule has 8 aromatic rings. The van der Waals surface area contributed by atoms with Gasteiger partial charge in [-0.25, -0.2) is 0 Å². The first-order valence-electron chi connectivity index (χ1n) is 22.2. The molecule has 4 aliphatic rings. The van der Waals surface area contributed by atoms with Crippen LogP contribution in [0.15, 0.2) is 218 Å². The molecule has 296 valence electrons. The van der Waals surface area contributed by atoms with Gasteiger partial charge in [0.15, 0.2) is 0 Å². The minimum atomic E-state index is 0.447. The molecule has 0 spiro atoms. The maximum atomic E-state index is 2.52. The maximum absolute atomic E-state index is 2.52. The standard InChI is InChI=1S/C60H46N2/c1-3-13-41(14-4-1)47-31-36-58-57(40-47)60-56(23-12-24-59(60)62(58)50-19-5-2-6-20-50)48-18-11-21-52(38-48)61(53-34-35-55-49(39-53)28-26-44-16-9-10-22-54(44)55)51-32-29-43(30-33-51)46-27-25-42-15-7-8-17-45(42)37-46/h1-8,10,12-15,17-20,22-36,38-40,45H,9,11,16,21,37H2. The highest BCUT2D eigenvalue weighted by Gasteiger charge is 2.24. The molecule has 0 amide bonds. The third-order valence-corrected chi connectivity index (χ3v) is 13.4. The molecule has 0 saturated carbocycles. The fraction of sp³-hybridized carbons (Fsp3) is 0.100. The van der Waals surface area contributed by atoms with Crippen LogP contribution in [0.1, 0.15) is 47.9 Å². The number of aromatic nitrogens is 1. The summed E-state index contributed by atoms with van der Waals surface area (Å²) in [5.41, 5.74) is 19.1. The Morgan fingerprint density at radius 3 is 2.31 bits per heavy atom. The van der Waals surface area contributed by atoms with Gasteiger partial charge in [-0.05, 0) is 154 Å². The van der Waals surface area contributed by atoms with Crippen molar-refractivity contribution in [3.8, 4) is 16.8 Å². The molecule has 12 rings (SSSR count). The summed E-state index contributed by atoms with van der Waals surface area (Å²) in [6.45, 7) is 0. The number of para-hydroxylation sites is 1. The van der Waals surface area contributed by atoms with E-state index >= 15 is 0 Å². The van der Waals surface area contributed by atoms with E-state index in [1.165, 1.54) is 105 Å². The predicted molar refractivity (Wildman–Crippen MR) is 264 cm³/mol. The lowest BCUT2D eigenvalue weighted by Crippen LogP contribution is -2.18. The Bertz CT molecular complexity index is 3290. The molecule has 0 radical (unpaired) electrons. The summed E-state index contributed by atoms with van der Waals surface area (Å²) in [5.74, 6) is 0.447. The lowest BCUT2D eigenvalue weighted by molar-refractivity contribution is 0.793. The Labute approximate surface area is 363 Å². The van der Waals surface area contributed by atoms with Gasteiger partial charge in [-0.2, -0.15) is 0 Å². The van der Waals surface area contributed by atoms with Gasteiger partial charge in [0.2, 0.25) is 0 Å². The fourth-order valence-electron chi connectivity index (χ4n) is 10.4. The van der Waals surface area contributed by atoms with Crippen LogP contribution in [0.2, 0.25) is 0 Å². The highest BCUT2D eigenvalue weighted by Crippen LogP contribution is 2.44. The molecule has 1 unspecified atom stereocenters. The largest absolute Gasteiger partial charge is 0.314 e. The van der Waals surface area contributed by atoms with Crippen molar-refractivity contribution in [1.82, 2.24) is 4.57 Å². The number of rotatable bonds is 7. The number of nitrogens with zero attached hydrogens (tertiary/aromatic N) is 2. The smallest absolute Gasteiger partial charge is 0.0547 e. The first-order chi connectivity index (χ1) is 30.7. The monoisotopic (exact) mass is 794 g/mol. The van der Waals surface area contributed by atoms with E-state index in [-0.39, 0.29) is 0 Å². The molecular weight excluding hydrogens is 749 g/mol. The van der Waals surface area contributed by atoms with Crippen molar-refractivity contribution in [2.75, 3.05) is 4.90 Å². The molecule has 1 heterocycles. The van der Waals surface area contributed by atoms with Crippen LogP contribution in [0.25, 0.3) is 66.6 Å². The first kappa shape index (κ1) is 36.4. The first-order valence-corrected chi connectivity index (χ1v) is 22.2. The van der Waals surface area contributed by atoms with Gasteiger partial charge in [-0.15, -0.1) is 0 Å². The number of anilines is 2. The molecule has 1 aromatic heterocycles. The van der Waals surface area contributed by atoms with E-state index in [0.717, 1.165) is 32.1 Å². The normalized spacial score (nSPS) is 16.7. The van der Waals surface area contributed by atoms with E-state index in [2.05, 4.69) is 222 Å². The highest BCUT2D eigenvalue weighted by atomic mass is 15.1. The third-order valence-electron chi connectivity index (χ3n) is 13.4. The van der Waals surface area contributed by atoms with Gasteiger partial charge < -0.3 is 9.47 Å². The van der Waals surface area contributed by atoms with Crippen molar-refractivity contribution in [2.24, 2.45) is 5.92 Å². The second-order valence-corrected chi connectivity index (χ2v) is 17.1. The number of hydrogen-bond donors (Lipinski definition) is 0. The minimum absolute atomic E-state index is 0.447. The molecule has 62 heavy (non-hydrogen) atoms. The van der Waals surface area contributed by atoms with Crippen molar-refractivity contribution in [3.63, 3.8) is 0 Å². The quantitative estimate of drug-likeness (QED) is 0.156. The molecule has 2 heteroatoms. The number of allylic oxidation sites excluding steroid dienone is 13.